The number of hydrogen-bond donors (Lipinski definition) is 0. The van der Waals surface area contributed by atoms with Gasteiger partial charge in [-0.2, -0.15) is 4.31 Å². The number of carbonyl (C=O) groups excluding carboxylic acids is 1. The molecule has 0 bridgehead atoms. The summed E-state index contributed by atoms with van der Waals surface area (Å²) in [6, 6.07) is 0.00125. The molecule has 1 heterocycles. The second-order valence-electron chi connectivity index (χ2n) is 4.79. The maximum Gasteiger partial charge on any atom is 0.358 e. The van der Waals surface area contributed by atoms with E-state index in [1.165, 1.54) is 16.9 Å². The van der Waals surface area contributed by atoms with E-state index in [0.717, 1.165) is 43.4 Å². The molecule has 0 amide bonds. The monoisotopic (exact) mass is 318 g/mol. The van der Waals surface area contributed by atoms with Crippen LogP contribution in [0.1, 0.15) is 42.6 Å². The van der Waals surface area contributed by atoms with Gasteiger partial charge < -0.3 is 4.74 Å². The summed E-state index contributed by atoms with van der Waals surface area (Å²) in [5.74, 6) is -0.720. The first kappa shape index (κ1) is 15.4. The Morgan fingerprint density at radius 1 is 1.40 bits per heavy atom. The lowest BCUT2D eigenvalue weighted by Crippen LogP contribution is -2.38. The van der Waals surface area contributed by atoms with Gasteiger partial charge in [-0.15, -0.1) is 11.3 Å². The predicted octanol–water partition coefficient (Wildman–Crippen LogP) is 1.88. The molecule has 0 atom stereocenters. The van der Waals surface area contributed by atoms with E-state index < -0.39 is 16.0 Å². The van der Waals surface area contributed by atoms with Gasteiger partial charge in [0.05, 0.1) is 12.6 Å². The molecule has 0 aliphatic heterocycles. The van der Waals surface area contributed by atoms with E-state index in [1.54, 1.807) is 7.05 Å². The lowest BCUT2D eigenvalue weighted by atomic mass is 9.96. The van der Waals surface area contributed by atoms with Gasteiger partial charge in [0.1, 0.15) is 0 Å². The van der Waals surface area contributed by atoms with Crippen LogP contribution in [0.25, 0.3) is 0 Å². The maximum absolute atomic E-state index is 12.6. The summed E-state index contributed by atoms with van der Waals surface area (Å²) in [5, 5.41) is 0. The third-order valence-electron chi connectivity index (χ3n) is 3.62. The molecule has 0 saturated heterocycles. The fourth-order valence-corrected chi connectivity index (χ4v) is 5.14. The van der Waals surface area contributed by atoms with Gasteiger partial charge in [0.15, 0.2) is 9.90 Å². The van der Waals surface area contributed by atoms with Crippen molar-refractivity contribution in [2.24, 2.45) is 0 Å². The van der Waals surface area contributed by atoms with Crippen LogP contribution in [0.3, 0.4) is 0 Å². The predicted molar refractivity (Wildman–Crippen MR) is 75.3 cm³/mol. The highest BCUT2D eigenvalue weighted by Crippen LogP contribution is 2.29. The molecule has 0 spiro atoms. The molecular weight excluding hydrogens is 300 g/mol. The van der Waals surface area contributed by atoms with Gasteiger partial charge >= 0.3 is 5.97 Å². The van der Waals surface area contributed by atoms with Crippen molar-refractivity contribution < 1.29 is 17.9 Å². The molecule has 1 aliphatic carbocycles. The van der Waals surface area contributed by atoms with Crippen molar-refractivity contribution in [1.82, 2.24) is 9.29 Å². The number of aromatic nitrogens is 1. The lowest BCUT2D eigenvalue weighted by Gasteiger charge is -2.29. The molecule has 1 fully saturated rings. The molecule has 112 valence electrons. The highest BCUT2D eigenvalue weighted by molar-refractivity contribution is 7.91. The Balaban J connectivity index is 2.30. The Labute approximate surface area is 122 Å². The second-order valence-corrected chi connectivity index (χ2v) is 7.84. The summed E-state index contributed by atoms with van der Waals surface area (Å²) in [6.45, 7) is 0. The molecule has 1 aromatic heterocycles. The van der Waals surface area contributed by atoms with Crippen molar-refractivity contribution in [2.75, 3.05) is 14.2 Å². The average Bonchev–Trinajstić information content (AvgIpc) is 2.96. The van der Waals surface area contributed by atoms with E-state index in [4.69, 9.17) is 0 Å². The summed E-state index contributed by atoms with van der Waals surface area (Å²) >= 11 is 0.951. The number of esters is 1. The third kappa shape index (κ3) is 2.87. The Morgan fingerprint density at radius 3 is 2.65 bits per heavy atom. The van der Waals surface area contributed by atoms with Crippen molar-refractivity contribution in [3.63, 3.8) is 0 Å². The van der Waals surface area contributed by atoms with Crippen LogP contribution in [-0.4, -0.2) is 43.9 Å². The molecule has 6 nitrogen and oxygen atoms in total. The Hall–Kier alpha value is -0.990. The molecule has 0 radical (unpaired) electrons. The van der Waals surface area contributed by atoms with Crippen LogP contribution >= 0.6 is 11.3 Å². The lowest BCUT2D eigenvalue weighted by molar-refractivity contribution is 0.0590. The molecule has 0 unspecified atom stereocenters. The van der Waals surface area contributed by atoms with E-state index in [0.29, 0.717) is 0 Å². The summed E-state index contributed by atoms with van der Waals surface area (Å²) in [4.78, 5) is 15.4. The molecule has 8 heteroatoms. The summed E-state index contributed by atoms with van der Waals surface area (Å²) < 4.78 is 31.2. The van der Waals surface area contributed by atoms with Crippen molar-refractivity contribution in [1.29, 1.82) is 0 Å². The minimum atomic E-state index is -3.69. The standard InChI is InChI=1S/C12H18N2O4S2/c1-14(9-6-4-3-5-7-9)20(16,17)12-10(11(15)18-2)13-8-19-12/h8-9H,3-7H2,1-2H3. The van der Waals surface area contributed by atoms with E-state index in [1.807, 2.05) is 0 Å². The minimum absolute atomic E-state index is 0.00125. The Bertz CT molecular complexity index is 576. The van der Waals surface area contributed by atoms with Crippen molar-refractivity contribution in [3.05, 3.63) is 11.2 Å². The van der Waals surface area contributed by atoms with Gasteiger partial charge in [0.25, 0.3) is 10.0 Å². The summed E-state index contributed by atoms with van der Waals surface area (Å²) in [7, 11) is -0.906. The first-order valence-corrected chi connectivity index (χ1v) is 8.80. The molecule has 0 N–H and O–H groups in total. The quantitative estimate of drug-likeness (QED) is 0.792. The highest BCUT2D eigenvalue weighted by Gasteiger charge is 2.34. The van der Waals surface area contributed by atoms with Gasteiger partial charge in [-0.1, -0.05) is 19.3 Å². The van der Waals surface area contributed by atoms with E-state index >= 15 is 0 Å². The van der Waals surface area contributed by atoms with Crippen molar-refractivity contribution in [3.8, 4) is 0 Å². The number of rotatable bonds is 4. The van der Waals surface area contributed by atoms with Crippen LogP contribution in [-0.2, 0) is 14.8 Å². The van der Waals surface area contributed by atoms with E-state index in [-0.39, 0.29) is 15.9 Å². The molecule has 1 aliphatic rings. The molecule has 1 aromatic rings. The number of thiazole rings is 1. The van der Waals surface area contributed by atoms with Gasteiger partial charge in [-0.25, -0.2) is 18.2 Å². The molecule has 20 heavy (non-hydrogen) atoms. The number of sulfonamides is 1. The van der Waals surface area contributed by atoms with Gasteiger partial charge in [0.2, 0.25) is 0 Å². The zero-order valence-corrected chi connectivity index (χ0v) is 13.2. The first-order chi connectivity index (χ1) is 9.48. The van der Waals surface area contributed by atoms with Crippen LogP contribution in [0.4, 0.5) is 0 Å². The smallest absolute Gasteiger partial charge is 0.358 e. The molecular formula is C12H18N2O4S2. The van der Waals surface area contributed by atoms with Gasteiger partial charge in [-0.3, -0.25) is 0 Å². The van der Waals surface area contributed by atoms with Crippen LogP contribution < -0.4 is 0 Å². The number of nitrogens with zero attached hydrogens (tertiary/aromatic N) is 2. The molecule has 2 rings (SSSR count). The first-order valence-electron chi connectivity index (χ1n) is 6.48. The SMILES string of the molecule is COC(=O)c1ncsc1S(=O)(=O)N(C)C1CCCCC1. The number of hydrogen-bond acceptors (Lipinski definition) is 6. The average molecular weight is 318 g/mol. The topological polar surface area (TPSA) is 76.6 Å². The third-order valence-corrected chi connectivity index (χ3v) is 6.87. The largest absolute Gasteiger partial charge is 0.464 e. The Morgan fingerprint density at radius 2 is 2.05 bits per heavy atom. The van der Waals surface area contributed by atoms with Crippen LogP contribution in [0, 0.1) is 0 Å². The van der Waals surface area contributed by atoms with Crippen molar-refractivity contribution >= 4 is 27.3 Å². The number of ether oxygens (including phenoxy) is 1. The molecule has 1 saturated carbocycles. The van der Waals surface area contributed by atoms with Gasteiger partial charge in [-0.05, 0) is 12.8 Å². The van der Waals surface area contributed by atoms with Crippen molar-refractivity contribution in [2.45, 2.75) is 42.4 Å². The van der Waals surface area contributed by atoms with E-state index in [9.17, 15) is 13.2 Å². The normalized spacial score (nSPS) is 17.4. The Kier molecular flexibility index (Phi) is 4.77. The summed E-state index contributed by atoms with van der Waals surface area (Å²) in [6.07, 6.45) is 4.96. The summed E-state index contributed by atoms with van der Waals surface area (Å²) in [5.41, 5.74) is 1.23. The molecule has 0 aromatic carbocycles. The number of carbonyl (C=O) groups is 1. The minimum Gasteiger partial charge on any atom is -0.464 e. The van der Waals surface area contributed by atoms with Crippen LogP contribution in [0.2, 0.25) is 0 Å². The van der Waals surface area contributed by atoms with Gasteiger partial charge in [0, 0.05) is 13.1 Å². The highest BCUT2D eigenvalue weighted by atomic mass is 32.2. The number of methoxy groups -OCH3 is 1. The van der Waals surface area contributed by atoms with E-state index in [2.05, 4.69) is 9.72 Å². The zero-order valence-electron chi connectivity index (χ0n) is 11.5. The maximum atomic E-state index is 12.6. The van der Waals surface area contributed by atoms with Crippen LogP contribution in [0.5, 0.6) is 0 Å². The fourth-order valence-electron chi connectivity index (χ4n) is 2.42. The van der Waals surface area contributed by atoms with Crippen LogP contribution in [0.15, 0.2) is 9.72 Å². The second kappa shape index (κ2) is 6.19. The fraction of sp³-hybridized carbons (Fsp3) is 0.667. The zero-order chi connectivity index (χ0) is 14.8.